The van der Waals surface area contributed by atoms with E-state index in [1.807, 2.05) is 31.2 Å². The summed E-state index contributed by atoms with van der Waals surface area (Å²) < 4.78 is 4.93. The minimum absolute atomic E-state index is 0.0810. The summed E-state index contributed by atoms with van der Waals surface area (Å²) in [5.74, 6) is 0.411. The second-order valence-corrected chi connectivity index (χ2v) is 6.44. The second kappa shape index (κ2) is 7.65. The Morgan fingerprint density at radius 1 is 1.36 bits per heavy atom. The van der Waals surface area contributed by atoms with Crippen molar-refractivity contribution < 1.29 is 14.3 Å². The number of amides is 2. The number of thioether (sulfide) groups is 1. The summed E-state index contributed by atoms with van der Waals surface area (Å²) in [5, 5.41) is 2.72. The fourth-order valence-electron chi connectivity index (χ4n) is 2.47. The molecule has 6 heteroatoms. The molecule has 2 rings (SSSR count). The Kier molecular flexibility index (Phi) is 5.85. The van der Waals surface area contributed by atoms with Gasteiger partial charge in [-0.1, -0.05) is 29.8 Å². The van der Waals surface area contributed by atoms with Crippen LogP contribution in [-0.4, -0.2) is 48.8 Å². The molecule has 1 aromatic carbocycles. The molecule has 1 aliphatic heterocycles. The highest BCUT2D eigenvalue weighted by Gasteiger charge is 2.40. The molecule has 0 aliphatic carbocycles. The predicted octanol–water partition coefficient (Wildman–Crippen LogP) is 1.72. The molecule has 22 heavy (non-hydrogen) atoms. The van der Waals surface area contributed by atoms with Crippen molar-refractivity contribution in [2.75, 3.05) is 26.0 Å². The first-order valence-corrected chi connectivity index (χ1v) is 8.33. The first-order chi connectivity index (χ1) is 10.5. The molecule has 1 fully saturated rings. The van der Waals surface area contributed by atoms with Crippen molar-refractivity contribution in [1.29, 1.82) is 0 Å². The van der Waals surface area contributed by atoms with Gasteiger partial charge in [0.2, 0.25) is 11.8 Å². The maximum atomic E-state index is 12.3. The van der Waals surface area contributed by atoms with Crippen LogP contribution in [0.4, 0.5) is 0 Å². The number of aryl methyl sites for hydroxylation is 1. The molecule has 0 saturated carbocycles. The van der Waals surface area contributed by atoms with E-state index < -0.39 is 6.04 Å². The second-order valence-electron chi connectivity index (χ2n) is 5.32. The van der Waals surface area contributed by atoms with Crippen molar-refractivity contribution >= 4 is 23.6 Å². The lowest BCUT2D eigenvalue weighted by Gasteiger charge is -2.28. The number of benzene rings is 1. The average Bonchev–Trinajstić information content (AvgIpc) is 2.93. The fourth-order valence-corrected chi connectivity index (χ4v) is 3.96. The quantitative estimate of drug-likeness (QED) is 0.839. The minimum atomic E-state index is -0.425. The molecule has 120 valence electrons. The third kappa shape index (κ3) is 3.81. The Morgan fingerprint density at radius 3 is 2.64 bits per heavy atom. The minimum Gasteiger partial charge on any atom is -0.383 e. The molecule has 0 bridgehead atoms. The standard InChI is InChI=1S/C16H22N2O3S/c1-11-4-6-13(7-5-11)16-18(12(2)19)14(10-22-16)15(20)17-8-9-21-3/h4-7,14,16H,8-10H2,1-3H3,(H,17,20)/t14-,16+/m0/s1. The maximum absolute atomic E-state index is 12.3. The van der Waals surface area contributed by atoms with Crippen LogP contribution in [0.25, 0.3) is 0 Å². The van der Waals surface area contributed by atoms with Gasteiger partial charge in [-0.2, -0.15) is 0 Å². The van der Waals surface area contributed by atoms with Gasteiger partial charge in [0.15, 0.2) is 0 Å². The van der Waals surface area contributed by atoms with Crippen molar-refractivity contribution in [2.24, 2.45) is 0 Å². The normalized spacial score (nSPS) is 21.0. The van der Waals surface area contributed by atoms with Gasteiger partial charge >= 0.3 is 0 Å². The Hall–Kier alpha value is -1.53. The van der Waals surface area contributed by atoms with Crippen molar-refractivity contribution in [3.63, 3.8) is 0 Å². The van der Waals surface area contributed by atoms with E-state index in [4.69, 9.17) is 4.74 Å². The summed E-state index contributed by atoms with van der Waals surface area (Å²) in [6.07, 6.45) is 0. The molecule has 5 nitrogen and oxygen atoms in total. The Morgan fingerprint density at radius 2 is 2.05 bits per heavy atom. The first-order valence-electron chi connectivity index (χ1n) is 7.28. The van der Waals surface area contributed by atoms with Crippen LogP contribution >= 0.6 is 11.8 Å². The van der Waals surface area contributed by atoms with Gasteiger partial charge in [0.05, 0.1) is 6.61 Å². The summed E-state index contributed by atoms with van der Waals surface area (Å²) in [5.41, 5.74) is 2.23. The van der Waals surface area contributed by atoms with Crippen LogP contribution in [0, 0.1) is 6.92 Å². The summed E-state index contributed by atoms with van der Waals surface area (Å²) in [6, 6.07) is 7.67. The van der Waals surface area contributed by atoms with E-state index in [1.54, 1.807) is 23.8 Å². The lowest BCUT2D eigenvalue weighted by atomic mass is 10.1. The molecule has 1 aromatic rings. The first kappa shape index (κ1) is 16.8. The third-order valence-corrected chi connectivity index (χ3v) is 4.96. The number of hydrogen-bond donors (Lipinski definition) is 1. The van der Waals surface area contributed by atoms with Gasteiger partial charge in [0.25, 0.3) is 0 Å². The molecule has 0 aromatic heterocycles. The van der Waals surface area contributed by atoms with Crippen LogP contribution < -0.4 is 5.32 Å². The number of carbonyl (C=O) groups excluding carboxylic acids is 2. The highest BCUT2D eigenvalue weighted by atomic mass is 32.2. The zero-order chi connectivity index (χ0) is 16.1. The lowest BCUT2D eigenvalue weighted by Crippen LogP contribution is -2.47. The topological polar surface area (TPSA) is 58.6 Å². The summed E-state index contributed by atoms with van der Waals surface area (Å²) in [7, 11) is 1.59. The van der Waals surface area contributed by atoms with E-state index in [2.05, 4.69) is 5.32 Å². The molecule has 0 unspecified atom stereocenters. The molecule has 1 N–H and O–H groups in total. The fraction of sp³-hybridized carbons (Fsp3) is 0.500. The third-order valence-electron chi connectivity index (χ3n) is 3.63. The monoisotopic (exact) mass is 322 g/mol. The van der Waals surface area contributed by atoms with Crippen molar-refractivity contribution in [3.05, 3.63) is 35.4 Å². The molecular formula is C16H22N2O3S. The van der Waals surface area contributed by atoms with Gasteiger partial charge in [-0.05, 0) is 12.5 Å². The summed E-state index contributed by atoms with van der Waals surface area (Å²) >= 11 is 1.63. The van der Waals surface area contributed by atoms with Gasteiger partial charge in [0, 0.05) is 26.3 Å². The lowest BCUT2D eigenvalue weighted by molar-refractivity contribution is -0.138. The van der Waals surface area contributed by atoms with E-state index in [0.29, 0.717) is 18.9 Å². The molecule has 0 spiro atoms. The maximum Gasteiger partial charge on any atom is 0.243 e. The smallest absolute Gasteiger partial charge is 0.243 e. The van der Waals surface area contributed by atoms with E-state index in [9.17, 15) is 9.59 Å². The van der Waals surface area contributed by atoms with E-state index >= 15 is 0 Å². The van der Waals surface area contributed by atoms with Crippen LogP contribution in [0.3, 0.4) is 0 Å². The number of nitrogens with one attached hydrogen (secondary N) is 1. The van der Waals surface area contributed by atoms with Gasteiger partial charge in [0.1, 0.15) is 11.4 Å². The van der Waals surface area contributed by atoms with Crippen LogP contribution in [0.1, 0.15) is 23.4 Å². The van der Waals surface area contributed by atoms with Crippen molar-refractivity contribution in [3.8, 4) is 0 Å². The molecule has 1 aliphatic rings. The van der Waals surface area contributed by atoms with E-state index in [0.717, 1.165) is 5.56 Å². The molecule has 0 radical (unpaired) electrons. The number of methoxy groups -OCH3 is 1. The van der Waals surface area contributed by atoms with Gasteiger partial charge in [-0.3, -0.25) is 9.59 Å². The Labute approximate surface area is 135 Å². The van der Waals surface area contributed by atoms with E-state index in [-0.39, 0.29) is 17.2 Å². The summed E-state index contributed by atoms with van der Waals surface area (Å²) in [4.78, 5) is 26.0. The largest absolute Gasteiger partial charge is 0.383 e. The number of hydrogen-bond acceptors (Lipinski definition) is 4. The van der Waals surface area contributed by atoms with Crippen LogP contribution in [0.5, 0.6) is 0 Å². The molecular weight excluding hydrogens is 300 g/mol. The van der Waals surface area contributed by atoms with Crippen LogP contribution in [0.2, 0.25) is 0 Å². The zero-order valence-corrected chi connectivity index (χ0v) is 14.0. The number of nitrogens with zero attached hydrogens (tertiary/aromatic N) is 1. The van der Waals surface area contributed by atoms with Crippen LogP contribution in [-0.2, 0) is 14.3 Å². The zero-order valence-electron chi connectivity index (χ0n) is 13.2. The highest BCUT2D eigenvalue weighted by molar-refractivity contribution is 7.99. The van der Waals surface area contributed by atoms with Crippen molar-refractivity contribution in [1.82, 2.24) is 10.2 Å². The van der Waals surface area contributed by atoms with Crippen molar-refractivity contribution in [2.45, 2.75) is 25.3 Å². The van der Waals surface area contributed by atoms with E-state index in [1.165, 1.54) is 12.5 Å². The van der Waals surface area contributed by atoms with Gasteiger partial charge in [-0.25, -0.2) is 0 Å². The SMILES string of the molecule is COCCNC(=O)[C@@H]1CS[C@H](c2ccc(C)cc2)N1C(C)=O. The summed E-state index contributed by atoms with van der Waals surface area (Å²) in [6.45, 7) is 4.47. The average molecular weight is 322 g/mol. The number of carbonyl (C=O) groups is 2. The van der Waals surface area contributed by atoms with Gasteiger partial charge < -0.3 is 15.0 Å². The predicted molar refractivity (Wildman–Crippen MR) is 87.6 cm³/mol. The van der Waals surface area contributed by atoms with Crippen LogP contribution in [0.15, 0.2) is 24.3 Å². The Balaban J connectivity index is 2.12. The number of rotatable bonds is 5. The molecule has 2 amide bonds. The molecule has 1 heterocycles. The highest BCUT2D eigenvalue weighted by Crippen LogP contribution is 2.41. The molecule has 1 saturated heterocycles. The number of ether oxygens (including phenoxy) is 1. The molecule has 2 atom stereocenters. The van der Waals surface area contributed by atoms with Gasteiger partial charge in [-0.15, -0.1) is 11.8 Å². The Bertz CT molecular complexity index is 533.